The molecule has 2 fully saturated rings. The van der Waals surface area contributed by atoms with Gasteiger partial charge in [0.1, 0.15) is 0 Å². The summed E-state index contributed by atoms with van der Waals surface area (Å²) in [5.74, 6) is 0. The van der Waals surface area contributed by atoms with Crippen molar-refractivity contribution in [3.8, 4) is 0 Å². The molecule has 0 aliphatic carbocycles. The first kappa shape index (κ1) is 8.65. The molecule has 2 nitrogen and oxygen atoms in total. The van der Waals surface area contributed by atoms with Crippen LogP contribution in [0.2, 0.25) is 0 Å². The van der Waals surface area contributed by atoms with Gasteiger partial charge in [-0.1, -0.05) is 6.42 Å². The molecule has 2 rings (SSSR count). The van der Waals surface area contributed by atoms with Crippen LogP contribution in [-0.2, 0) is 0 Å². The van der Waals surface area contributed by atoms with E-state index in [-0.39, 0.29) is 51.4 Å². The molecule has 2 aliphatic heterocycles. The van der Waals surface area contributed by atoms with Crippen molar-refractivity contribution in [2.24, 2.45) is 0 Å². The monoisotopic (exact) mass is 150 g/mol. The molecule has 2 saturated heterocycles. The van der Waals surface area contributed by atoms with Gasteiger partial charge >= 0.3 is 51.4 Å². The summed E-state index contributed by atoms with van der Waals surface area (Å²) in [6.07, 6.45) is 2.64. The Morgan fingerprint density at radius 2 is 2.11 bits per heavy atom. The molecule has 46 valence electrons. The quantitative estimate of drug-likeness (QED) is 0.380. The van der Waals surface area contributed by atoms with E-state index in [0.29, 0.717) is 5.54 Å². The molecule has 0 saturated carbocycles. The fourth-order valence-corrected chi connectivity index (χ4v) is 1.49. The maximum absolute atomic E-state index is 4.30. The van der Waals surface area contributed by atoms with Gasteiger partial charge in [0.15, 0.2) is 0 Å². The smallest absolute Gasteiger partial charge is 0.661 e. The molecule has 1 N–H and O–H groups in total. The van der Waals surface area contributed by atoms with Gasteiger partial charge in [-0.25, -0.2) is 0 Å². The topological polar surface area (TPSA) is 26.1 Å². The van der Waals surface area contributed by atoms with E-state index in [0.717, 1.165) is 13.1 Å². The second-order valence-electron chi connectivity index (χ2n) is 2.81. The van der Waals surface area contributed by atoms with Crippen molar-refractivity contribution < 1.29 is 51.4 Å². The average Bonchev–Trinajstić information content (AvgIpc) is 2.07. The van der Waals surface area contributed by atoms with Gasteiger partial charge in [0, 0.05) is 0 Å². The van der Waals surface area contributed by atoms with Crippen LogP contribution in [0.25, 0.3) is 5.32 Å². The fourth-order valence-electron chi connectivity index (χ4n) is 1.49. The molecule has 0 aromatic heterocycles. The van der Waals surface area contributed by atoms with E-state index in [9.17, 15) is 0 Å². The van der Waals surface area contributed by atoms with Gasteiger partial charge in [-0.05, 0) is 18.5 Å². The summed E-state index contributed by atoms with van der Waals surface area (Å²) in [4.78, 5) is 0. The Balaban J connectivity index is 0.000000405. The summed E-state index contributed by atoms with van der Waals surface area (Å²) in [6.45, 7) is 3.38. The van der Waals surface area contributed by atoms with Crippen LogP contribution in [0.15, 0.2) is 0 Å². The van der Waals surface area contributed by atoms with Crippen molar-refractivity contribution in [3.05, 3.63) is 5.32 Å². The van der Waals surface area contributed by atoms with Crippen molar-refractivity contribution in [1.82, 2.24) is 5.32 Å². The van der Waals surface area contributed by atoms with Crippen molar-refractivity contribution in [2.45, 2.75) is 18.4 Å². The van der Waals surface area contributed by atoms with Crippen LogP contribution in [0.5, 0.6) is 0 Å². The van der Waals surface area contributed by atoms with Crippen molar-refractivity contribution in [2.75, 3.05) is 19.6 Å². The summed E-state index contributed by atoms with van der Waals surface area (Å²) in [7, 11) is 0. The Hall–Kier alpha value is 1.56. The zero-order chi connectivity index (χ0) is 5.45. The predicted octanol–water partition coefficient (Wildman–Crippen LogP) is -2.50. The zero-order valence-electron chi connectivity index (χ0n) is 5.98. The Bertz CT molecular complexity index is 93.2. The van der Waals surface area contributed by atoms with Crippen molar-refractivity contribution in [3.63, 3.8) is 0 Å². The molecule has 0 aromatic carbocycles. The summed E-state index contributed by atoms with van der Waals surface area (Å²) < 4.78 is 0. The van der Waals surface area contributed by atoms with Gasteiger partial charge in [0.05, 0.1) is 0 Å². The molecule has 9 heavy (non-hydrogen) atoms. The van der Waals surface area contributed by atoms with Gasteiger partial charge in [0.25, 0.3) is 0 Å². The summed E-state index contributed by atoms with van der Waals surface area (Å²) in [6, 6.07) is 0. The van der Waals surface area contributed by atoms with Gasteiger partial charge in [-0.15, -0.1) is 13.1 Å². The van der Waals surface area contributed by atoms with E-state index in [1.165, 1.54) is 19.4 Å². The molecule has 1 unspecified atom stereocenters. The van der Waals surface area contributed by atoms with Crippen LogP contribution >= 0.6 is 0 Å². The maximum Gasteiger partial charge on any atom is 1.00 e. The summed E-state index contributed by atoms with van der Waals surface area (Å²) >= 11 is 0. The molecule has 0 aromatic rings. The van der Waals surface area contributed by atoms with Crippen LogP contribution in [0.4, 0.5) is 0 Å². The average molecular weight is 150 g/mol. The molecule has 3 heteroatoms. The van der Waals surface area contributed by atoms with E-state index in [4.69, 9.17) is 0 Å². The van der Waals surface area contributed by atoms with Gasteiger partial charge < -0.3 is 10.6 Å². The SMILES string of the molecule is C1CC2(CCN2)C[N-]1.[K+]. The zero-order valence-corrected chi connectivity index (χ0v) is 9.11. The molecular weight excluding hydrogens is 139 g/mol. The summed E-state index contributed by atoms with van der Waals surface area (Å²) in [5, 5.41) is 7.72. The third-order valence-corrected chi connectivity index (χ3v) is 2.27. The third-order valence-electron chi connectivity index (χ3n) is 2.27. The molecule has 1 spiro atoms. The molecule has 0 bridgehead atoms. The van der Waals surface area contributed by atoms with Gasteiger partial charge in [-0.2, -0.15) is 0 Å². The van der Waals surface area contributed by atoms with Crippen molar-refractivity contribution >= 4 is 0 Å². The van der Waals surface area contributed by atoms with E-state index in [2.05, 4.69) is 10.6 Å². The van der Waals surface area contributed by atoms with E-state index in [1.54, 1.807) is 0 Å². The summed E-state index contributed by atoms with van der Waals surface area (Å²) in [5.41, 5.74) is 0.500. The Kier molecular flexibility index (Phi) is 3.17. The molecular formula is C6H11KN2. The van der Waals surface area contributed by atoms with Crippen molar-refractivity contribution in [1.29, 1.82) is 0 Å². The molecule has 0 amide bonds. The molecule has 0 radical (unpaired) electrons. The minimum absolute atomic E-state index is 0. The van der Waals surface area contributed by atoms with Crippen LogP contribution in [0.3, 0.4) is 0 Å². The van der Waals surface area contributed by atoms with E-state index < -0.39 is 0 Å². The van der Waals surface area contributed by atoms with Crippen LogP contribution in [0, 0.1) is 0 Å². The first-order valence-electron chi connectivity index (χ1n) is 3.30. The van der Waals surface area contributed by atoms with Gasteiger partial charge in [0.2, 0.25) is 0 Å². The van der Waals surface area contributed by atoms with Crippen LogP contribution in [0.1, 0.15) is 12.8 Å². The Morgan fingerprint density at radius 1 is 1.33 bits per heavy atom. The third kappa shape index (κ3) is 1.58. The first-order chi connectivity index (χ1) is 3.91. The maximum atomic E-state index is 4.30. The largest absolute Gasteiger partial charge is 1.00 e. The molecule has 1 atom stereocenters. The standard InChI is InChI=1S/C6H11N2.K/c1-3-7-5-6(1)2-4-8-6;/h8H,1-5H2;/q-1;+1. The second-order valence-corrected chi connectivity index (χ2v) is 2.81. The first-order valence-corrected chi connectivity index (χ1v) is 3.30. The molecule has 2 heterocycles. The normalized spacial score (nSPS) is 40.0. The van der Waals surface area contributed by atoms with Crippen LogP contribution < -0.4 is 56.7 Å². The fraction of sp³-hybridized carbons (Fsp3) is 1.00. The number of nitrogens with zero attached hydrogens (tertiary/aromatic N) is 1. The van der Waals surface area contributed by atoms with Gasteiger partial charge in [-0.3, -0.25) is 0 Å². The number of hydrogen-bond acceptors (Lipinski definition) is 1. The van der Waals surface area contributed by atoms with E-state index in [1.807, 2.05) is 0 Å². The predicted molar refractivity (Wildman–Crippen MR) is 33.1 cm³/mol. The number of rotatable bonds is 0. The Labute approximate surface area is 98.6 Å². The second kappa shape index (κ2) is 3.30. The number of nitrogens with one attached hydrogen (secondary N) is 1. The minimum Gasteiger partial charge on any atom is -0.661 e. The Morgan fingerprint density at radius 3 is 2.33 bits per heavy atom. The molecule has 2 aliphatic rings. The van der Waals surface area contributed by atoms with Crippen LogP contribution in [-0.4, -0.2) is 25.2 Å². The van der Waals surface area contributed by atoms with E-state index >= 15 is 0 Å². The minimum atomic E-state index is 0. The number of hydrogen-bond donors (Lipinski definition) is 1.